The number of benzene rings is 1. The monoisotopic (exact) mass is 198 g/mol. The van der Waals surface area contributed by atoms with Gasteiger partial charge in [-0.2, -0.15) is 5.26 Å². The molecule has 0 unspecified atom stereocenters. The number of nitrogens with zero attached hydrogens (tertiary/aromatic N) is 2. The lowest BCUT2D eigenvalue weighted by atomic mass is 10.1. The predicted molar refractivity (Wildman–Crippen MR) is 54.3 cm³/mol. The summed E-state index contributed by atoms with van der Waals surface area (Å²) in [7, 11) is 0. The summed E-state index contributed by atoms with van der Waals surface area (Å²) in [5.41, 5.74) is 1.50. The molecular formula is C12H7FN2. The average molecular weight is 198 g/mol. The number of halogens is 1. The molecule has 0 N–H and O–H groups in total. The van der Waals surface area contributed by atoms with Crippen LogP contribution in [0.2, 0.25) is 0 Å². The molecule has 0 aliphatic heterocycles. The van der Waals surface area contributed by atoms with Crippen molar-refractivity contribution in [1.29, 1.82) is 5.26 Å². The number of hydrogen-bond acceptors (Lipinski definition) is 2. The van der Waals surface area contributed by atoms with Gasteiger partial charge in [0.05, 0.1) is 0 Å². The van der Waals surface area contributed by atoms with Crippen LogP contribution >= 0.6 is 0 Å². The third-order valence-electron chi connectivity index (χ3n) is 2.06. The molecular weight excluding hydrogens is 191 g/mol. The molecule has 0 radical (unpaired) electrons. The van der Waals surface area contributed by atoms with Gasteiger partial charge < -0.3 is 0 Å². The topological polar surface area (TPSA) is 36.7 Å². The molecule has 3 heteroatoms. The molecule has 0 amide bonds. The molecule has 2 rings (SSSR count). The van der Waals surface area contributed by atoms with Gasteiger partial charge in [-0.05, 0) is 18.2 Å². The zero-order valence-corrected chi connectivity index (χ0v) is 7.81. The van der Waals surface area contributed by atoms with Crippen molar-refractivity contribution in [3.63, 3.8) is 0 Å². The van der Waals surface area contributed by atoms with E-state index in [1.165, 1.54) is 12.3 Å². The lowest BCUT2D eigenvalue weighted by Crippen LogP contribution is -1.86. The highest BCUT2D eigenvalue weighted by Crippen LogP contribution is 2.21. The van der Waals surface area contributed by atoms with Crippen LogP contribution in [0.4, 0.5) is 4.39 Å². The SMILES string of the molecule is N#Cc1ccc(-c2ccccc2F)cn1. The Morgan fingerprint density at radius 1 is 1.13 bits per heavy atom. The van der Waals surface area contributed by atoms with Gasteiger partial charge in [0.25, 0.3) is 0 Å². The molecule has 0 aliphatic rings. The second kappa shape index (κ2) is 3.89. The molecule has 15 heavy (non-hydrogen) atoms. The summed E-state index contributed by atoms with van der Waals surface area (Å²) < 4.78 is 13.4. The molecule has 0 fully saturated rings. The minimum atomic E-state index is -0.288. The van der Waals surface area contributed by atoms with E-state index in [0.29, 0.717) is 16.8 Å². The Balaban J connectivity index is 2.47. The second-order valence-corrected chi connectivity index (χ2v) is 3.02. The zero-order chi connectivity index (χ0) is 10.7. The van der Waals surface area contributed by atoms with Crippen molar-refractivity contribution in [2.45, 2.75) is 0 Å². The van der Waals surface area contributed by atoms with E-state index < -0.39 is 0 Å². The summed E-state index contributed by atoms with van der Waals surface area (Å²) in [6, 6.07) is 11.6. The zero-order valence-electron chi connectivity index (χ0n) is 7.81. The van der Waals surface area contributed by atoms with Crippen molar-refractivity contribution in [2.75, 3.05) is 0 Å². The molecule has 72 valence electrons. The maximum Gasteiger partial charge on any atom is 0.140 e. The van der Waals surface area contributed by atoms with Crippen molar-refractivity contribution < 1.29 is 4.39 Å². The molecule has 2 nitrogen and oxygen atoms in total. The molecule has 0 saturated carbocycles. The first kappa shape index (κ1) is 9.35. The van der Waals surface area contributed by atoms with E-state index in [4.69, 9.17) is 5.26 Å². The van der Waals surface area contributed by atoms with Crippen molar-refractivity contribution in [3.8, 4) is 17.2 Å². The van der Waals surface area contributed by atoms with Crippen LogP contribution in [0.1, 0.15) is 5.69 Å². The standard InChI is InChI=1S/C12H7FN2/c13-12-4-2-1-3-11(12)9-5-6-10(7-14)15-8-9/h1-6,8H. The highest BCUT2D eigenvalue weighted by Gasteiger charge is 2.03. The van der Waals surface area contributed by atoms with Crippen molar-refractivity contribution in [1.82, 2.24) is 4.98 Å². The summed E-state index contributed by atoms with van der Waals surface area (Å²) in [6.45, 7) is 0. The van der Waals surface area contributed by atoms with Gasteiger partial charge >= 0.3 is 0 Å². The van der Waals surface area contributed by atoms with Gasteiger partial charge in [0.2, 0.25) is 0 Å². The lowest BCUT2D eigenvalue weighted by molar-refractivity contribution is 0.631. The van der Waals surface area contributed by atoms with E-state index in [-0.39, 0.29) is 5.82 Å². The van der Waals surface area contributed by atoms with E-state index >= 15 is 0 Å². The Kier molecular flexibility index (Phi) is 2.42. The molecule has 0 spiro atoms. The Morgan fingerprint density at radius 3 is 2.53 bits per heavy atom. The highest BCUT2D eigenvalue weighted by atomic mass is 19.1. The molecule has 1 aromatic carbocycles. The molecule has 2 aromatic rings. The van der Waals surface area contributed by atoms with Gasteiger partial charge in [-0.3, -0.25) is 0 Å². The minimum Gasteiger partial charge on any atom is -0.245 e. The van der Waals surface area contributed by atoms with Crippen molar-refractivity contribution in [3.05, 3.63) is 54.1 Å². The molecule has 1 heterocycles. The summed E-state index contributed by atoms with van der Waals surface area (Å²) in [5, 5.41) is 8.57. The Morgan fingerprint density at radius 2 is 1.93 bits per heavy atom. The van der Waals surface area contributed by atoms with Crippen LogP contribution in [0.3, 0.4) is 0 Å². The number of rotatable bonds is 1. The van der Waals surface area contributed by atoms with Crippen molar-refractivity contribution in [2.24, 2.45) is 0 Å². The van der Waals surface area contributed by atoms with Gasteiger partial charge in [-0.25, -0.2) is 9.37 Å². The smallest absolute Gasteiger partial charge is 0.140 e. The highest BCUT2D eigenvalue weighted by molar-refractivity contribution is 5.63. The maximum atomic E-state index is 13.4. The van der Waals surface area contributed by atoms with Gasteiger partial charge in [-0.1, -0.05) is 18.2 Å². The fourth-order valence-electron chi connectivity index (χ4n) is 1.31. The number of pyridine rings is 1. The third-order valence-corrected chi connectivity index (χ3v) is 2.06. The largest absolute Gasteiger partial charge is 0.245 e. The quantitative estimate of drug-likeness (QED) is 0.706. The summed E-state index contributed by atoms with van der Waals surface area (Å²) in [5.74, 6) is -0.288. The van der Waals surface area contributed by atoms with E-state index in [9.17, 15) is 4.39 Å². The lowest BCUT2D eigenvalue weighted by Gasteiger charge is -2.01. The van der Waals surface area contributed by atoms with E-state index in [0.717, 1.165) is 0 Å². The molecule has 0 aliphatic carbocycles. The molecule has 1 aromatic heterocycles. The van der Waals surface area contributed by atoms with Crippen LogP contribution in [0.15, 0.2) is 42.6 Å². The number of nitriles is 1. The van der Waals surface area contributed by atoms with Gasteiger partial charge in [0.1, 0.15) is 17.6 Å². The fourth-order valence-corrected chi connectivity index (χ4v) is 1.31. The summed E-state index contributed by atoms with van der Waals surface area (Å²) >= 11 is 0. The molecule has 0 bridgehead atoms. The molecule has 0 saturated heterocycles. The first-order chi connectivity index (χ1) is 7.31. The normalized spacial score (nSPS) is 9.60. The van der Waals surface area contributed by atoms with Crippen LogP contribution in [-0.4, -0.2) is 4.98 Å². The van der Waals surface area contributed by atoms with E-state index in [1.54, 1.807) is 30.3 Å². The predicted octanol–water partition coefficient (Wildman–Crippen LogP) is 2.76. The van der Waals surface area contributed by atoms with E-state index in [1.807, 2.05) is 6.07 Å². The summed E-state index contributed by atoms with van der Waals surface area (Å²) in [4.78, 5) is 3.89. The molecule has 0 atom stereocenters. The summed E-state index contributed by atoms with van der Waals surface area (Å²) in [6.07, 6.45) is 1.50. The van der Waals surface area contributed by atoms with Crippen LogP contribution in [0.25, 0.3) is 11.1 Å². The van der Waals surface area contributed by atoms with Crippen LogP contribution in [-0.2, 0) is 0 Å². The van der Waals surface area contributed by atoms with Gasteiger partial charge in [0, 0.05) is 17.3 Å². The Labute approximate surface area is 86.6 Å². The third kappa shape index (κ3) is 1.84. The fraction of sp³-hybridized carbons (Fsp3) is 0. The first-order valence-corrected chi connectivity index (χ1v) is 4.42. The number of hydrogen-bond donors (Lipinski definition) is 0. The minimum absolute atomic E-state index is 0.288. The van der Waals surface area contributed by atoms with Crippen LogP contribution in [0, 0.1) is 17.1 Å². The average Bonchev–Trinajstić information content (AvgIpc) is 2.30. The maximum absolute atomic E-state index is 13.4. The van der Waals surface area contributed by atoms with Crippen LogP contribution in [0.5, 0.6) is 0 Å². The van der Waals surface area contributed by atoms with Crippen molar-refractivity contribution >= 4 is 0 Å². The Hall–Kier alpha value is -2.21. The second-order valence-electron chi connectivity index (χ2n) is 3.02. The van der Waals surface area contributed by atoms with Crippen LogP contribution < -0.4 is 0 Å². The van der Waals surface area contributed by atoms with E-state index in [2.05, 4.69) is 4.98 Å². The first-order valence-electron chi connectivity index (χ1n) is 4.42. The number of aromatic nitrogens is 1. The van der Waals surface area contributed by atoms with Gasteiger partial charge in [-0.15, -0.1) is 0 Å². The van der Waals surface area contributed by atoms with Gasteiger partial charge in [0.15, 0.2) is 0 Å². The Bertz CT molecular complexity index is 512.